The van der Waals surface area contributed by atoms with Crippen LogP contribution in [0.3, 0.4) is 0 Å². The highest BCUT2D eigenvalue weighted by atomic mass is 16.5. The molecule has 1 unspecified atom stereocenters. The molecule has 0 radical (unpaired) electrons. The van der Waals surface area contributed by atoms with E-state index < -0.39 is 0 Å². The summed E-state index contributed by atoms with van der Waals surface area (Å²) in [5, 5.41) is 10.1. The number of hydrogen-bond acceptors (Lipinski definition) is 6. The van der Waals surface area contributed by atoms with Crippen molar-refractivity contribution in [2.45, 2.75) is 19.3 Å². The fourth-order valence-electron chi connectivity index (χ4n) is 3.72. The van der Waals surface area contributed by atoms with Gasteiger partial charge in [0.1, 0.15) is 11.3 Å². The number of benzene rings is 1. The quantitative estimate of drug-likeness (QED) is 0.734. The Morgan fingerprint density at radius 1 is 1.17 bits per heavy atom. The molecule has 0 saturated carbocycles. The van der Waals surface area contributed by atoms with Crippen molar-refractivity contribution in [2.75, 3.05) is 40.5 Å². The minimum absolute atomic E-state index is 0.00687. The van der Waals surface area contributed by atoms with Crippen LogP contribution >= 0.6 is 0 Å². The lowest BCUT2D eigenvalue weighted by Gasteiger charge is -2.42. The number of likely N-dealkylation sites (tertiary alicyclic amines) is 1. The number of carbonyl (C=O) groups excluding carboxylic acids is 1. The Bertz CT molecular complexity index is 814. The van der Waals surface area contributed by atoms with Gasteiger partial charge in [-0.05, 0) is 37.5 Å². The lowest BCUT2D eigenvalue weighted by Crippen LogP contribution is -2.48. The molecule has 1 aliphatic rings. The number of aliphatic hydroxyl groups is 1. The van der Waals surface area contributed by atoms with Crippen LogP contribution in [0.4, 0.5) is 0 Å². The molecule has 1 aromatic carbocycles. The average Bonchev–Trinajstić information content (AvgIpc) is 2.79. The van der Waals surface area contributed by atoms with E-state index in [0.29, 0.717) is 37.6 Å². The number of methoxy groups -OCH3 is 2. The van der Waals surface area contributed by atoms with Crippen molar-refractivity contribution in [3.8, 4) is 17.5 Å². The number of hydrogen-bond donors (Lipinski definition) is 1. The summed E-state index contributed by atoms with van der Waals surface area (Å²) in [6.07, 6.45) is 2.34. The van der Waals surface area contributed by atoms with Gasteiger partial charge in [-0.1, -0.05) is 18.2 Å². The molecule has 2 heterocycles. The zero-order chi connectivity index (χ0) is 20.7. The molecule has 0 aliphatic carbocycles. The van der Waals surface area contributed by atoms with Crippen LogP contribution in [0.5, 0.6) is 17.5 Å². The summed E-state index contributed by atoms with van der Waals surface area (Å²) in [4.78, 5) is 19.1. The predicted octanol–water partition coefficient (Wildman–Crippen LogP) is 2.78. The summed E-state index contributed by atoms with van der Waals surface area (Å²) in [5.41, 5.74) is 0.0121. The molecule has 0 spiro atoms. The SMILES string of the molecule is COc1ccc(C(=O)N2CCCC(CO)(CCOc3ccccc3)C2)c(OC)n1. The standard InChI is InChI=1S/C22H28N2O5/c1-27-19-10-9-18(20(23-19)28-2)21(26)24-13-6-11-22(15-24,16-25)12-14-29-17-7-4-3-5-8-17/h3-5,7-10,25H,6,11-16H2,1-2H3. The van der Waals surface area contributed by atoms with Gasteiger partial charge in [0.15, 0.2) is 0 Å². The minimum Gasteiger partial charge on any atom is -0.494 e. The maximum atomic E-state index is 13.1. The average molecular weight is 400 g/mol. The third-order valence-corrected chi connectivity index (χ3v) is 5.40. The molecule has 29 heavy (non-hydrogen) atoms. The number of rotatable bonds is 8. The molecule has 3 rings (SSSR count). The molecule has 7 nitrogen and oxygen atoms in total. The first-order valence-electron chi connectivity index (χ1n) is 9.78. The van der Waals surface area contributed by atoms with Crippen LogP contribution < -0.4 is 14.2 Å². The van der Waals surface area contributed by atoms with Crippen LogP contribution in [0.2, 0.25) is 0 Å². The number of carbonyl (C=O) groups is 1. The Morgan fingerprint density at radius 2 is 1.97 bits per heavy atom. The Labute approximate surface area is 171 Å². The van der Waals surface area contributed by atoms with Gasteiger partial charge in [-0.15, -0.1) is 0 Å². The second-order valence-electron chi connectivity index (χ2n) is 7.31. The third kappa shape index (κ3) is 4.98. The predicted molar refractivity (Wildman–Crippen MR) is 109 cm³/mol. The molecule has 1 amide bonds. The van der Waals surface area contributed by atoms with Crippen LogP contribution in [0, 0.1) is 5.41 Å². The molecule has 2 aromatic rings. The van der Waals surface area contributed by atoms with Gasteiger partial charge in [-0.2, -0.15) is 4.98 Å². The summed E-state index contributed by atoms with van der Waals surface area (Å²) in [7, 11) is 2.99. The second-order valence-corrected chi connectivity index (χ2v) is 7.31. The summed E-state index contributed by atoms with van der Waals surface area (Å²) < 4.78 is 16.2. The number of nitrogens with zero attached hydrogens (tertiary/aromatic N) is 2. The van der Waals surface area contributed by atoms with Crippen molar-refractivity contribution in [3.63, 3.8) is 0 Å². The number of aromatic nitrogens is 1. The van der Waals surface area contributed by atoms with Crippen molar-refractivity contribution >= 4 is 5.91 Å². The van der Waals surface area contributed by atoms with E-state index in [0.717, 1.165) is 18.6 Å². The van der Waals surface area contributed by atoms with Crippen molar-refractivity contribution in [2.24, 2.45) is 5.41 Å². The molecule has 1 saturated heterocycles. The zero-order valence-corrected chi connectivity index (χ0v) is 17.0. The van der Waals surface area contributed by atoms with Crippen molar-refractivity contribution in [3.05, 3.63) is 48.0 Å². The smallest absolute Gasteiger partial charge is 0.259 e. The molecule has 1 aliphatic heterocycles. The fourth-order valence-corrected chi connectivity index (χ4v) is 3.72. The van der Waals surface area contributed by atoms with Gasteiger partial charge < -0.3 is 24.2 Å². The van der Waals surface area contributed by atoms with E-state index in [1.165, 1.54) is 14.2 Å². The highest BCUT2D eigenvalue weighted by molar-refractivity contribution is 5.96. The van der Waals surface area contributed by atoms with Gasteiger partial charge >= 0.3 is 0 Å². The van der Waals surface area contributed by atoms with E-state index in [4.69, 9.17) is 14.2 Å². The Balaban J connectivity index is 1.68. The van der Waals surface area contributed by atoms with E-state index in [1.54, 1.807) is 17.0 Å². The molecule has 1 fully saturated rings. The van der Waals surface area contributed by atoms with Crippen LogP contribution in [0.1, 0.15) is 29.6 Å². The highest BCUT2D eigenvalue weighted by Gasteiger charge is 2.37. The van der Waals surface area contributed by atoms with E-state index in [1.807, 2.05) is 30.3 Å². The van der Waals surface area contributed by atoms with E-state index in [-0.39, 0.29) is 23.8 Å². The van der Waals surface area contributed by atoms with Crippen LogP contribution in [-0.2, 0) is 0 Å². The minimum atomic E-state index is -0.379. The summed E-state index contributed by atoms with van der Waals surface area (Å²) in [6.45, 7) is 1.60. The van der Waals surface area contributed by atoms with Gasteiger partial charge in [-0.25, -0.2) is 0 Å². The van der Waals surface area contributed by atoms with Crippen molar-refractivity contribution in [1.29, 1.82) is 0 Å². The van der Waals surface area contributed by atoms with Gasteiger partial charge in [0.2, 0.25) is 11.8 Å². The monoisotopic (exact) mass is 400 g/mol. The number of pyridine rings is 1. The van der Waals surface area contributed by atoms with Gasteiger partial charge in [0.05, 0.1) is 27.4 Å². The van der Waals surface area contributed by atoms with Crippen molar-refractivity contribution < 1.29 is 24.1 Å². The zero-order valence-electron chi connectivity index (χ0n) is 17.0. The lowest BCUT2D eigenvalue weighted by atomic mass is 9.78. The first-order chi connectivity index (χ1) is 14.1. The maximum Gasteiger partial charge on any atom is 0.259 e. The Hall–Kier alpha value is -2.80. The number of para-hydroxylation sites is 1. The summed E-state index contributed by atoms with van der Waals surface area (Å²) >= 11 is 0. The highest BCUT2D eigenvalue weighted by Crippen LogP contribution is 2.34. The van der Waals surface area contributed by atoms with Crippen molar-refractivity contribution in [1.82, 2.24) is 9.88 Å². The number of ether oxygens (including phenoxy) is 3. The van der Waals surface area contributed by atoms with E-state index >= 15 is 0 Å². The Kier molecular flexibility index (Phi) is 6.93. The van der Waals surface area contributed by atoms with Gasteiger partial charge in [-0.3, -0.25) is 4.79 Å². The molecule has 1 aromatic heterocycles. The number of piperidine rings is 1. The molecule has 7 heteroatoms. The van der Waals surface area contributed by atoms with Crippen LogP contribution in [0.15, 0.2) is 42.5 Å². The normalized spacial score (nSPS) is 18.9. The largest absolute Gasteiger partial charge is 0.494 e. The molecular weight excluding hydrogens is 372 g/mol. The van der Waals surface area contributed by atoms with E-state index in [9.17, 15) is 9.90 Å². The third-order valence-electron chi connectivity index (χ3n) is 5.40. The molecule has 1 atom stereocenters. The molecular formula is C22H28N2O5. The summed E-state index contributed by atoms with van der Waals surface area (Å²) in [5.74, 6) is 1.28. The number of amides is 1. The first kappa shape index (κ1) is 20.9. The second kappa shape index (κ2) is 9.60. The number of aliphatic hydroxyl groups excluding tert-OH is 1. The Morgan fingerprint density at radius 3 is 2.66 bits per heavy atom. The fraction of sp³-hybridized carbons (Fsp3) is 0.455. The molecule has 0 bridgehead atoms. The maximum absolute atomic E-state index is 13.1. The van der Waals surface area contributed by atoms with Crippen LogP contribution in [-0.4, -0.2) is 61.4 Å². The molecule has 156 valence electrons. The van der Waals surface area contributed by atoms with Crippen LogP contribution in [0.25, 0.3) is 0 Å². The topological polar surface area (TPSA) is 81.1 Å². The van der Waals surface area contributed by atoms with E-state index in [2.05, 4.69) is 4.98 Å². The lowest BCUT2D eigenvalue weighted by molar-refractivity contribution is 0.0154. The first-order valence-corrected chi connectivity index (χ1v) is 9.78. The van der Waals surface area contributed by atoms with Gasteiger partial charge in [0, 0.05) is 24.6 Å². The summed E-state index contributed by atoms with van der Waals surface area (Å²) in [6, 6.07) is 12.9. The van der Waals surface area contributed by atoms with Gasteiger partial charge in [0.25, 0.3) is 5.91 Å². The molecule has 1 N–H and O–H groups in total.